The SMILES string of the molecule is O=C(CCN1CCCCO1)NCc1nccn1Cc1ccccc1. The Kier molecular flexibility index (Phi) is 5.98. The molecule has 24 heavy (non-hydrogen) atoms. The van der Waals surface area contributed by atoms with Crippen molar-refractivity contribution in [2.24, 2.45) is 0 Å². The molecule has 0 bridgehead atoms. The van der Waals surface area contributed by atoms with Gasteiger partial charge in [0.15, 0.2) is 0 Å². The average Bonchev–Trinajstić information content (AvgIpc) is 3.07. The molecule has 1 fully saturated rings. The molecule has 1 aromatic heterocycles. The Bertz CT molecular complexity index is 635. The van der Waals surface area contributed by atoms with E-state index in [9.17, 15) is 4.79 Å². The minimum Gasteiger partial charge on any atom is -0.349 e. The normalized spacial score (nSPS) is 15.3. The molecule has 0 atom stereocenters. The predicted octanol–water partition coefficient (Wildman–Crippen LogP) is 1.97. The monoisotopic (exact) mass is 328 g/mol. The third-order valence-electron chi connectivity index (χ3n) is 4.11. The number of carbonyl (C=O) groups excluding carboxylic acids is 1. The molecule has 1 amide bonds. The van der Waals surface area contributed by atoms with Gasteiger partial charge in [0, 0.05) is 38.4 Å². The number of aromatic nitrogens is 2. The Morgan fingerprint density at radius 1 is 1.25 bits per heavy atom. The maximum absolute atomic E-state index is 12.0. The number of rotatable bonds is 7. The molecule has 1 aliphatic rings. The van der Waals surface area contributed by atoms with Crippen molar-refractivity contribution in [1.82, 2.24) is 19.9 Å². The van der Waals surface area contributed by atoms with Crippen LogP contribution >= 0.6 is 0 Å². The molecule has 1 aromatic carbocycles. The van der Waals surface area contributed by atoms with Gasteiger partial charge in [-0.1, -0.05) is 30.3 Å². The number of amides is 1. The van der Waals surface area contributed by atoms with Gasteiger partial charge < -0.3 is 9.88 Å². The standard InChI is InChI=1S/C18H24N4O2/c23-18(8-11-22-10-4-5-13-24-22)20-14-17-19-9-12-21(17)15-16-6-2-1-3-7-16/h1-3,6-7,9,12H,4-5,8,10-11,13-15H2,(H,20,23). The highest BCUT2D eigenvalue weighted by Gasteiger charge is 2.13. The van der Waals surface area contributed by atoms with Crippen molar-refractivity contribution in [3.8, 4) is 0 Å². The highest BCUT2D eigenvalue weighted by Crippen LogP contribution is 2.07. The highest BCUT2D eigenvalue weighted by atomic mass is 16.7. The van der Waals surface area contributed by atoms with Crippen LogP contribution in [0.3, 0.4) is 0 Å². The summed E-state index contributed by atoms with van der Waals surface area (Å²) in [7, 11) is 0. The smallest absolute Gasteiger partial charge is 0.221 e. The molecule has 0 aliphatic carbocycles. The predicted molar refractivity (Wildman–Crippen MR) is 91.0 cm³/mol. The van der Waals surface area contributed by atoms with E-state index in [1.165, 1.54) is 5.56 Å². The highest BCUT2D eigenvalue weighted by molar-refractivity contribution is 5.75. The molecule has 1 aliphatic heterocycles. The van der Waals surface area contributed by atoms with Gasteiger partial charge in [-0.3, -0.25) is 9.63 Å². The fraction of sp³-hybridized carbons (Fsp3) is 0.444. The van der Waals surface area contributed by atoms with Gasteiger partial charge in [-0.15, -0.1) is 0 Å². The third-order valence-corrected chi connectivity index (χ3v) is 4.11. The third kappa shape index (κ3) is 4.91. The Labute approximate surface area is 142 Å². The Morgan fingerprint density at radius 2 is 2.12 bits per heavy atom. The molecule has 6 heteroatoms. The summed E-state index contributed by atoms with van der Waals surface area (Å²) >= 11 is 0. The summed E-state index contributed by atoms with van der Waals surface area (Å²) in [5.74, 6) is 0.889. The summed E-state index contributed by atoms with van der Waals surface area (Å²) in [6.45, 7) is 3.52. The number of imidazole rings is 1. The number of hydroxylamine groups is 2. The summed E-state index contributed by atoms with van der Waals surface area (Å²) < 4.78 is 2.06. The molecule has 2 aromatic rings. The minimum atomic E-state index is 0.0263. The van der Waals surface area contributed by atoms with E-state index in [0.717, 1.165) is 38.4 Å². The van der Waals surface area contributed by atoms with E-state index in [4.69, 9.17) is 4.84 Å². The molecule has 1 saturated heterocycles. The number of hydrogen-bond acceptors (Lipinski definition) is 4. The van der Waals surface area contributed by atoms with Gasteiger partial charge in [-0.2, -0.15) is 5.06 Å². The molecule has 0 spiro atoms. The summed E-state index contributed by atoms with van der Waals surface area (Å²) in [4.78, 5) is 21.9. The number of benzene rings is 1. The lowest BCUT2D eigenvalue weighted by atomic mass is 10.2. The van der Waals surface area contributed by atoms with E-state index in [0.29, 0.717) is 19.5 Å². The second-order valence-electron chi connectivity index (χ2n) is 5.95. The zero-order valence-corrected chi connectivity index (χ0v) is 13.9. The maximum Gasteiger partial charge on any atom is 0.221 e. The lowest BCUT2D eigenvalue weighted by Crippen LogP contribution is -2.34. The van der Waals surface area contributed by atoms with Crippen LogP contribution in [0.4, 0.5) is 0 Å². The molecule has 128 valence electrons. The second-order valence-corrected chi connectivity index (χ2v) is 5.95. The van der Waals surface area contributed by atoms with Crippen LogP contribution in [0.1, 0.15) is 30.7 Å². The van der Waals surface area contributed by atoms with E-state index >= 15 is 0 Å². The summed E-state index contributed by atoms with van der Waals surface area (Å²) in [5.41, 5.74) is 1.21. The molecular weight excluding hydrogens is 304 g/mol. The van der Waals surface area contributed by atoms with Crippen molar-refractivity contribution in [3.05, 3.63) is 54.1 Å². The van der Waals surface area contributed by atoms with Crippen LogP contribution in [0.2, 0.25) is 0 Å². The van der Waals surface area contributed by atoms with Gasteiger partial charge in [0.25, 0.3) is 0 Å². The lowest BCUT2D eigenvalue weighted by Gasteiger charge is -2.25. The first kappa shape index (κ1) is 16.7. The maximum atomic E-state index is 12.0. The van der Waals surface area contributed by atoms with Gasteiger partial charge in [0.1, 0.15) is 5.82 Å². The molecular formula is C18H24N4O2. The van der Waals surface area contributed by atoms with Crippen molar-refractivity contribution in [2.75, 3.05) is 19.7 Å². The van der Waals surface area contributed by atoms with Crippen molar-refractivity contribution >= 4 is 5.91 Å². The summed E-state index contributed by atoms with van der Waals surface area (Å²) in [6, 6.07) is 10.2. The van der Waals surface area contributed by atoms with Gasteiger partial charge in [-0.25, -0.2) is 4.98 Å². The zero-order valence-electron chi connectivity index (χ0n) is 13.9. The quantitative estimate of drug-likeness (QED) is 0.844. The Morgan fingerprint density at radius 3 is 2.92 bits per heavy atom. The zero-order chi connectivity index (χ0) is 16.6. The number of nitrogens with one attached hydrogen (secondary N) is 1. The summed E-state index contributed by atoms with van der Waals surface area (Å²) in [6.07, 6.45) is 6.40. The number of hydrogen-bond donors (Lipinski definition) is 1. The Hall–Kier alpha value is -2.18. The molecule has 2 heterocycles. The van der Waals surface area contributed by atoms with Crippen molar-refractivity contribution in [1.29, 1.82) is 0 Å². The van der Waals surface area contributed by atoms with E-state index in [2.05, 4.69) is 27.0 Å². The molecule has 3 rings (SSSR count). The first-order valence-electron chi connectivity index (χ1n) is 8.50. The van der Waals surface area contributed by atoms with Crippen molar-refractivity contribution in [2.45, 2.75) is 32.4 Å². The fourth-order valence-corrected chi connectivity index (χ4v) is 2.75. The number of nitrogens with zero attached hydrogens (tertiary/aromatic N) is 3. The van der Waals surface area contributed by atoms with Crippen LogP contribution in [-0.4, -0.2) is 40.2 Å². The topological polar surface area (TPSA) is 59.4 Å². The lowest BCUT2D eigenvalue weighted by molar-refractivity contribution is -0.181. The van der Waals surface area contributed by atoms with E-state index in [1.807, 2.05) is 29.5 Å². The van der Waals surface area contributed by atoms with Crippen LogP contribution in [0.15, 0.2) is 42.7 Å². The number of carbonyl (C=O) groups is 1. The second kappa shape index (κ2) is 8.61. The van der Waals surface area contributed by atoms with Crippen LogP contribution < -0.4 is 5.32 Å². The van der Waals surface area contributed by atoms with Crippen LogP contribution in [0, 0.1) is 0 Å². The van der Waals surface area contributed by atoms with Gasteiger partial charge in [0.2, 0.25) is 5.91 Å². The van der Waals surface area contributed by atoms with Crippen molar-refractivity contribution in [3.63, 3.8) is 0 Å². The Balaban J connectivity index is 1.44. The molecule has 6 nitrogen and oxygen atoms in total. The molecule has 1 N–H and O–H groups in total. The van der Waals surface area contributed by atoms with Gasteiger partial charge >= 0.3 is 0 Å². The van der Waals surface area contributed by atoms with Gasteiger partial charge in [0.05, 0.1) is 13.2 Å². The van der Waals surface area contributed by atoms with Crippen molar-refractivity contribution < 1.29 is 9.63 Å². The minimum absolute atomic E-state index is 0.0263. The fourth-order valence-electron chi connectivity index (χ4n) is 2.75. The summed E-state index contributed by atoms with van der Waals surface area (Å²) in [5, 5.41) is 4.83. The molecule has 0 saturated carbocycles. The first-order chi connectivity index (χ1) is 11.8. The van der Waals surface area contributed by atoms with E-state index < -0.39 is 0 Å². The molecule has 0 radical (unpaired) electrons. The van der Waals surface area contributed by atoms with E-state index in [1.54, 1.807) is 6.20 Å². The van der Waals surface area contributed by atoms with Crippen LogP contribution in [-0.2, 0) is 22.7 Å². The largest absolute Gasteiger partial charge is 0.349 e. The first-order valence-corrected chi connectivity index (χ1v) is 8.50. The van der Waals surface area contributed by atoms with Gasteiger partial charge in [-0.05, 0) is 18.4 Å². The van der Waals surface area contributed by atoms with Crippen LogP contribution in [0.5, 0.6) is 0 Å². The van der Waals surface area contributed by atoms with Crippen LogP contribution in [0.25, 0.3) is 0 Å². The molecule has 0 unspecified atom stereocenters. The average molecular weight is 328 g/mol. The van der Waals surface area contributed by atoms with E-state index in [-0.39, 0.29) is 5.91 Å².